The molecule has 3 atom stereocenters. The fourth-order valence-electron chi connectivity index (χ4n) is 6.29. The number of carbonyl (C=O) groups excluding carboxylic acids is 5. The van der Waals surface area contributed by atoms with Gasteiger partial charge in [0.25, 0.3) is 5.91 Å². The summed E-state index contributed by atoms with van der Waals surface area (Å²) in [5.74, 6) is -1.99. The minimum absolute atomic E-state index is 0.0419. The van der Waals surface area contributed by atoms with E-state index in [4.69, 9.17) is 4.74 Å². The number of ether oxygens (including phenoxy) is 1. The van der Waals surface area contributed by atoms with Crippen LogP contribution in [0.2, 0.25) is 0 Å². The number of para-hydroxylation sites is 1. The van der Waals surface area contributed by atoms with Crippen molar-refractivity contribution in [3.05, 3.63) is 65.7 Å². The molecule has 2 aliphatic heterocycles. The molecule has 2 aromatic carbocycles. The molecule has 0 spiro atoms. The van der Waals surface area contributed by atoms with Gasteiger partial charge in [0.2, 0.25) is 23.6 Å². The van der Waals surface area contributed by atoms with E-state index in [1.54, 1.807) is 31.3 Å². The predicted molar refractivity (Wildman–Crippen MR) is 187 cm³/mol. The molecule has 1 saturated heterocycles. The van der Waals surface area contributed by atoms with Crippen LogP contribution in [0.5, 0.6) is 5.75 Å². The lowest BCUT2D eigenvalue weighted by Crippen LogP contribution is -2.54. The van der Waals surface area contributed by atoms with Gasteiger partial charge in [0.1, 0.15) is 24.4 Å². The third-order valence-corrected chi connectivity index (χ3v) is 9.04. The van der Waals surface area contributed by atoms with E-state index < -0.39 is 35.8 Å². The average Bonchev–Trinajstić information content (AvgIpc) is 3.09. The van der Waals surface area contributed by atoms with Gasteiger partial charge in [0, 0.05) is 27.2 Å². The van der Waals surface area contributed by atoms with Crippen molar-refractivity contribution < 1.29 is 28.7 Å². The summed E-state index contributed by atoms with van der Waals surface area (Å²) in [6, 6.07) is 13.8. The first-order valence-corrected chi connectivity index (χ1v) is 17.4. The van der Waals surface area contributed by atoms with E-state index in [0.717, 1.165) is 31.5 Å². The molecule has 0 saturated carbocycles. The highest BCUT2D eigenvalue weighted by atomic mass is 16.5. The Hall–Kier alpha value is -4.45. The molecule has 2 heterocycles. The van der Waals surface area contributed by atoms with Gasteiger partial charge in [-0.05, 0) is 62.4 Å². The van der Waals surface area contributed by atoms with E-state index in [-0.39, 0.29) is 48.6 Å². The molecular weight excluding hydrogens is 624 g/mol. The van der Waals surface area contributed by atoms with Crippen LogP contribution in [-0.2, 0) is 25.6 Å². The highest BCUT2D eigenvalue weighted by molar-refractivity contribution is 6.01. The number of hydrogen-bond donors (Lipinski definition) is 3. The van der Waals surface area contributed by atoms with E-state index in [1.165, 1.54) is 23.3 Å². The summed E-state index contributed by atoms with van der Waals surface area (Å²) in [5, 5.41) is 8.70. The van der Waals surface area contributed by atoms with Crippen LogP contribution in [0.3, 0.4) is 0 Å². The van der Waals surface area contributed by atoms with Crippen LogP contribution < -0.4 is 20.7 Å². The molecule has 49 heavy (non-hydrogen) atoms. The molecule has 0 bridgehead atoms. The Kier molecular flexibility index (Phi) is 14.0. The summed E-state index contributed by atoms with van der Waals surface area (Å²) >= 11 is 0. The Morgan fingerprint density at radius 3 is 2.35 bits per heavy atom. The molecule has 4 rings (SSSR count). The average molecular weight is 677 g/mol. The van der Waals surface area contributed by atoms with Gasteiger partial charge < -0.3 is 35.4 Å². The smallest absolute Gasteiger partial charge is 0.255 e. The van der Waals surface area contributed by atoms with Crippen molar-refractivity contribution in [3.8, 4) is 5.75 Å². The highest BCUT2D eigenvalue weighted by Crippen LogP contribution is 2.20. The lowest BCUT2D eigenvalue weighted by molar-refractivity contribution is -0.146. The van der Waals surface area contributed by atoms with Crippen molar-refractivity contribution in [1.82, 2.24) is 30.7 Å². The standard InChI is InChI=1S/C37H52N6O6/c1-26(2)21-31-37(48)41(3)24-33(44)39-28(22-27-13-7-5-8-14-27)25-49-32-16-10-9-15-29(32)35(46)40-30(23-34(45)42(31)4)36(47)38-17-20-43-18-11-6-12-19-43/h5,7-10,13-16,26,28,30-31H,6,11-12,17-25H2,1-4H3,(H,38,47)(H,39,44)(H,40,46)/t28-,30+,31+/m1/s1. The number of benzene rings is 2. The lowest BCUT2D eigenvalue weighted by atomic mass is 10.0. The number of rotatable bonds is 8. The van der Waals surface area contributed by atoms with Gasteiger partial charge in [0.05, 0.1) is 24.6 Å². The highest BCUT2D eigenvalue weighted by Gasteiger charge is 2.34. The molecule has 266 valence electrons. The van der Waals surface area contributed by atoms with Crippen LogP contribution in [0.25, 0.3) is 0 Å². The van der Waals surface area contributed by atoms with Crippen molar-refractivity contribution in [3.63, 3.8) is 0 Å². The zero-order valence-corrected chi connectivity index (χ0v) is 29.3. The number of amides is 5. The van der Waals surface area contributed by atoms with Crippen LogP contribution in [0.1, 0.15) is 61.9 Å². The summed E-state index contributed by atoms with van der Waals surface area (Å²) in [7, 11) is 3.07. The third kappa shape index (κ3) is 11.3. The van der Waals surface area contributed by atoms with Gasteiger partial charge in [-0.1, -0.05) is 62.7 Å². The van der Waals surface area contributed by atoms with Gasteiger partial charge in [-0.2, -0.15) is 0 Å². The molecule has 2 aromatic rings. The number of piperidine rings is 1. The van der Waals surface area contributed by atoms with Crippen molar-refractivity contribution in [2.24, 2.45) is 5.92 Å². The van der Waals surface area contributed by atoms with Gasteiger partial charge in [-0.25, -0.2) is 0 Å². The molecule has 2 aliphatic rings. The predicted octanol–water partition coefficient (Wildman–Crippen LogP) is 2.23. The van der Waals surface area contributed by atoms with Gasteiger partial charge >= 0.3 is 0 Å². The molecule has 12 heteroatoms. The Balaban J connectivity index is 1.63. The summed E-state index contributed by atoms with van der Waals surface area (Å²) in [6.07, 6.45) is 3.89. The number of likely N-dealkylation sites (tertiary alicyclic amines) is 1. The SMILES string of the molecule is CC(C)C[C@H]1C(=O)N(C)CC(=O)N[C@H](Cc2ccccc2)COc2ccccc2C(=O)N[C@H](C(=O)NCCN2CCCCC2)CC(=O)N1C. The van der Waals surface area contributed by atoms with Crippen LogP contribution in [0.15, 0.2) is 54.6 Å². The number of hydrogen-bond acceptors (Lipinski definition) is 7. The molecule has 1 fully saturated rings. The number of fused-ring (bicyclic) bond motifs is 1. The third-order valence-electron chi connectivity index (χ3n) is 9.04. The van der Waals surface area contributed by atoms with E-state index in [0.29, 0.717) is 25.9 Å². The van der Waals surface area contributed by atoms with Crippen LogP contribution in [0.4, 0.5) is 0 Å². The van der Waals surface area contributed by atoms with Crippen molar-refractivity contribution in [2.75, 3.05) is 53.4 Å². The van der Waals surface area contributed by atoms with Gasteiger partial charge in [-0.3, -0.25) is 24.0 Å². The fourth-order valence-corrected chi connectivity index (χ4v) is 6.29. The molecule has 3 N–H and O–H groups in total. The number of nitrogens with one attached hydrogen (secondary N) is 3. The quantitative estimate of drug-likeness (QED) is 0.390. The monoisotopic (exact) mass is 676 g/mol. The van der Waals surface area contributed by atoms with Crippen LogP contribution >= 0.6 is 0 Å². The second-order valence-electron chi connectivity index (χ2n) is 13.5. The number of nitrogens with zero attached hydrogens (tertiary/aromatic N) is 3. The minimum atomic E-state index is -1.20. The first-order valence-electron chi connectivity index (χ1n) is 17.4. The van der Waals surface area contributed by atoms with E-state index in [2.05, 4.69) is 20.9 Å². The Labute approximate surface area is 289 Å². The molecule has 0 radical (unpaired) electrons. The molecule has 0 aliphatic carbocycles. The minimum Gasteiger partial charge on any atom is -0.491 e. The van der Waals surface area contributed by atoms with E-state index in [1.807, 2.05) is 44.2 Å². The van der Waals surface area contributed by atoms with Gasteiger partial charge in [0.15, 0.2) is 0 Å². The molecule has 0 aromatic heterocycles. The Morgan fingerprint density at radius 2 is 1.63 bits per heavy atom. The second-order valence-corrected chi connectivity index (χ2v) is 13.5. The number of carbonyl (C=O) groups is 5. The van der Waals surface area contributed by atoms with E-state index in [9.17, 15) is 24.0 Å². The first kappa shape index (κ1) is 37.4. The zero-order chi connectivity index (χ0) is 35.3. The summed E-state index contributed by atoms with van der Waals surface area (Å²) in [5.41, 5.74) is 1.17. The molecule has 12 nitrogen and oxygen atoms in total. The maximum Gasteiger partial charge on any atom is 0.255 e. The summed E-state index contributed by atoms with van der Waals surface area (Å²) in [4.78, 5) is 73.2. The van der Waals surface area contributed by atoms with Crippen molar-refractivity contribution >= 4 is 29.5 Å². The maximum atomic E-state index is 13.8. The summed E-state index contributed by atoms with van der Waals surface area (Å²) < 4.78 is 6.15. The number of likely N-dealkylation sites (N-methyl/N-ethyl adjacent to an activating group) is 2. The Morgan fingerprint density at radius 1 is 0.939 bits per heavy atom. The van der Waals surface area contributed by atoms with Crippen LogP contribution in [-0.4, -0.2) is 116 Å². The molecule has 0 unspecified atom stereocenters. The fraction of sp³-hybridized carbons (Fsp3) is 0.541. The van der Waals surface area contributed by atoms with Crippen molar-refractivity contribution in [2.45, 2.75) is 70.5 Å². The largest absolute Gasteiger partial charge is 0.491 e. The molecule has 5 amide bonds. The second kappa shape index (κ2) is 18.4. The molecular formula is C37H52N6O6. The normalized spacial score (nSPS) is 22.1. The summed E-state index contributed by atoms with van der Waals surface area (Å²) in [6.45, 7) is 6.71. The van der Waals surface area contributed by atoms with Gasteiger partial charge in [-0.15, -0.1) is 0 Å². The van der Waals surface area contributed by atoms with Crippen LogP contribution in [0, 0.1) is 5.92 Å². The van der Waals surface area contributed by atoms with Crippen molar-refractivity contribution in [1.29, 1.82) is 0 Å². The topological polar surface area (TPSA) is 140 Å². The first-order chi connectivity index (χ1) is 23.5. The Bertz CT molecular complexity index is 1430. The lowest BCUT2D eigenvalue weighted by Gasteiger charge is -2.33. The zero-order valence-electron chi connectivity index (χ0n) is 29.3. The maximum absolute atomic E-state index is 13.8. The van der Waals surface area contributed by atoms with E-state index >= 15 is 0 Å².